The normalized spacial score (nSPS) is 27.9. The van der Waals surface area contributed by atoms with E-state index in [0.717, 1.165) is 49.7 Å². The quantitative estimate of drug-likeness (QED) is 0.381. The Kier molecular flexibility index (Phi) is 6.51. The number of allylic oxidation sites excluding steroid dienone is 3. The molecule has 0 saturated heterocycles. The summed E-state index contributed by atoms with van der Waals surface area (Å²) >= 11 is 6.15. The number of amides is 1. The Morgan fingerprint density at radius 2 is 1.75 bits per heavy atom. The van der Waals surface area contributed by atoms with Crippen LogP contribution in [0.4, 0.5) is 4.39 Å². The molecular formula is C30H36ClFN2O2. The number of carbonyl (C=O) groups excluding carboxylic acids is 2. The number of aliphatic imine (C=N–C) groups is 1. The zero-order valence-electron chi connectivity index (χ0n) is 21.7. The molecule has 1 heterocycles. The summed E-state index contributed by atoms with van der Waals surface area (Å²) in [6, 6.07) is 7.67. The van der Waals surface area contributed by atoms with Gasteiger partial charge in [0, 0.05) is 12.0 Å². The van der Waals surface area contributed by atoms with E-state index in [1.807, 2.05) is 24.3 Å². The van der Waals surface area contributed by atoms with Crippen LogP contribution in [-0.2, 0) is 4.79 Å². The van der Waals surface area contributed by atoms with Gasteiger partial charge in [-0.3, -0.25) is 14.6 Å². The summed E-state index contributed by atoms with van der Waals surface area (Å²) in [5, 5.41) is 0.0780. The van der Waals surface area contributed by atoms with Gasteiger partial charge in [-0.2, -0.15) is 0 Å². The molecular weight excluding hydrogens is 475 g/mol. The molecule has 1 aliphatic heterocycles. The van der Waals surface area contributed by atoms with Gasteiger partial charge in [0.1, 0.15) is 17.2 Å². The molecule has 2 saturated carbocycles. The molecule has 5 rings (SSSR count). The van der Waals surface area contributed by atoms with Gasteiger partial charge >= 0.3 is 0 Å². The molecule has 0 aromatic heterocycles. The summed E-state index contributed by atoms with van der Waals surface area (Å²) in [6.45, 7) is 8.45. The Bertz CT molecular complexity index is 1160. The molecule has 1 spiro atoms. The van der Waals surface area contributed by atoms with E-state index in [1.54, 1.807) is 13.0 Å². The van der Waals surface area contributed by atoms with Crippen LogP contribution in [0.2, 0.25) is 0 Å². The number of benzene rings is 1. The molecule has 192 valence electrons. The van der Waals surface area contributed by atoms with Gasteiger partial charge in [-0.15, -0.1) is 0 Å². The first kappa shape index (κ1) is 25.4. The Hall–Kier alpha value is -2.27. The Balaban J connectivity index is 1.56. The highest BCUT2D eigenvalue weighted by Gasteiger charge is 2.55. The maximum atomic E-state index is 14.2. The fourth-order valence-electron chi connectivity index (χ4n) is 6.32. The fraction of sp³-hybridized carbons (Fsp3) is 0.567. The third-order valence-electron chi connectivity index (χ3n) is 8.68. The lowest BCUT2D eigenvalue weighted by Gasteiger charge is -2.47. The summed E-state index contributed by atoms with van der Waals surface area (Å²) in [7, 11) is 0. The summed E-state index contributed by atoms with van der Waals surface area (Å²) < 4.78 is 14.0. The van der Waals surface area contributed by atoms with E-state index in [4.69, 9.17) is 16.6 Å². The second kappa shape index (κ2) is 9.24. The van der Waals surface area contributed by atoms with Crippen molar-refractivity contribution in [1.29, 1.82) is 0 Å². The first-order valence-corrected chi connectivity index (χ1v) is 13.7. The van der Waals surface area contributed by atoms with Gasteiger partial charge in [-0.25, -0.2) is 4.39 Å². The highest BCUT2D eigenvalue weighted by atomic mass is 35.5. The van der Waals surface area contributed by atoms with Gasteiger partial charge in [-0.05, 0) is 86.3 Å². The topological polar surface area (TPSA) is 49.7 Å². The molecule has 4 nitrogen and oxygen atoms in total. The monoisotopic (exact) mass is 510 g/mol. The second-order valence-corrected chi connectivity index (χ2v) is 12.5. The lowest BCUT2D eigenvalue weighted by atomic mass is 9.69. The molecule has 2 fully saturated rings. The Morgan fingerprint density at radius 1 is 1.11 bits per heavy atom. The second-order valence-electron chi connectivity index (χ2n) is 12.1. The maximum Gasteiger partial charge on any atom is 0.274 e. The number of halogens is 2. The van der Waals surface area contributed by atoms with Crippen molar-refractivity contribution in [3.05, 3.63) is 57.9 Å². The number of rotatable bonds is 5. The van der Waals surface area contributed by atoms with Crippen LogP contribution in [0.3, 0.4) is 0 Å². The van der Waals surface area contributed by atoms with Crippen molar-refractivity contribution in [1.82, 2.24) is 4.90 Å². The minimum absolute atomic E-state index is 0.0331. The number of ketones is 1. The highest BCUT2D eigenvalue weighted by molar-refractivity contribution is 6.47. The van der Waals surface area contributed by atoms with E-state index in [2.05, 4.69) is 25.7 Å². The zero-order chi connectivity index (χ0) is 25.8. The lowest BCUT2D eigenvalue weighted by Crippen LogP contribution is -2.52. The first-order chi connectivity index (χ1) is 17.0. The Morgan fingerprint density at radius 3 is 2.28 bits per heavy atom. The largest absolute Gasteiger partial charge is 0.305 e. The van der Waals surface area contributed by atoms with Gasteiger partial charge in [0.15, 0.2) is 5.78 Å². The number of Topliss-reactive ketones (excluding diaryl/α,β-unsaturated/α-hetero) is 1. The molecule has 36 heavy (non-hydrogen) atoms. The van der Waals surface area contributed by atoms with Crippen molar-refractivity contribution in [3.63, 3.8) is 0 Å². The SMILES string of the molecule is CC(=O)c1ccc(C(C2CC2)N2C(=O)C(C3=CC(Cl)=C(F)CC3)=NC23CCC(C(C)(C)C)CC3)cc1. The molecule has 1 unspecified atom stereocenters. The predicted octanol–water partition coefficient (Wildman–Crippen LogP) is 7.70. The molecule has 1 aromatic carbocycles. The molecule has 0 radical (unpaired) electrons. The summed E-state index contributed by atoms with van der Waals surface area (Å²) in [5.41, 5.74) is 2.56. The number of hydrogen-bond donors (Lipinski definition) is 0. The van der Waals surface area contributed by atoms with Crippen LogP contribution in [0.5, 0.6) is 0 Å². The molecule has 1 amide bonds. The van der Waals surface area contributed by atoms with E-state index in [0.29, 0.717) is 29.5 Å². The number of nitrogens with zero attached hydrogens (tertiary/aromatic N) is 2. The van der Waals surface area contributed by atoms with Gasteiger partial charge in [0.05, 0.1) is 11.1 Å². The summed E-state index contributed by atoms with van der Waals surface area (Å²) in [6.07, 6.45) is 8.05. The van der Waals surface area contributed by atoms with Crippen molar-refractivity contribution < 1.29 is 14.0 Å². The standard InChI is InChI=1S/C30H36ClFN2O2/c1-18(35)19-5-7-20(8-6-19)27(21-9-10-21)34-28(36)26(22-11-12-25(32)24(31)17-22)33-30(34)15-13-23(14-16-30)29(2,3)4/h5-8,17,21,23,27H,9-16H2,1-4H3. The van der Waals surface area contributed by atoms with E-state index in [1.165, 1.54) is 0 Å². The minimum atomic E-state index is -0.590. The molecule has 0 bridgehead atoms. The fourth-order valence-corrected chi connectivity index (χ4v) is 6.55. The predicted molar refractivity (Wildman–Crippen MR) is 142 cm³/mol. The average molecular weight is 511 g/mol. The van der Waals surface area contributed by atoms with Crippen molar-refractivity contribution in [3.8, 4) is 0 Å². The van der Waals surface area contributed by atoms with Gasteiger partial charge in [-0.1, -0.05) is 56.6 Å². The van der Waals surface area contributed by atoms with E-state index in [9.17, 15) is 14.0 Å². The Labute approximate surface area is 218 Å². The average Bonchev–Trinajstić information content (AvgIpc) is 3.63. The summed E-state index contributed by atoms with van der Waals surface area (Å²) in [5.74, 6) is 0.602. The number of carbonyl (C=O) groups is 2. The minimum Gasteiger partial charge on any atom is -0.305 e. The van der Waals surface area contributed by atoms with Crippen LogP contribution in [0, 0.1) is 17.3 Å². The van der Waals surface area contributed by atoms with Gasteiger partial charge in [0.2, 0.25) is 0 Å². The van der Waals surface area contributed by atoms with Crippen LogP contribution in [0.15, 0.2) is 51.8 Å². The van der Waals surface area contributed by atoms with Crippen LogP contribution >= 0.6 is 11.6 Å². The van der Waals surface area contributed by atoms with Crippen molar-refractivity contribution in [2.24, 2.45) is 22.2 Å². The molecule has 1 atom stereocenters. The van der Waals surface area contributed by atoms with E-state index in [-0.39, 0.29) is 40.4 Å². The molecule has 3 aliphatic carbocycles. The third-order valence-corrected chi connectivity index (χ3v) is 9.00. The van der Waals surface area contributed by atoms with Crippen molar-refractivity contribution >= 4 is 29.0 Å². The molecule has 6 heteroatoms. The number of hydrogen-bond acceptors (Lipinski definition) is 3. The van der Waals surface area contributed by atoms with Crippen LogP contribution in [0.1, 0.15) is 101 Å². The maximum absolute atomic E-state index is 14.2. The van der Waals surface area contributed by atoms with Crippen molar-refractivity contribution in [2.75, 3.05) is 0 Å². The van der Waals surface area contributed by atoms with E-state index < -0.39 is 5.66 Å². The smallest absolute Gasteiger partial charge is 0.274 e. The van der Waals surface area contributed by atoms with Gasteiger partial charge < -0.3 is 4.90 Å². The molecule has 0 N–H and O–H groups in total. The molecule has 4 aliphatic rings. The van der Waals surface area contributed by atoms with Crippen molar-refractivity contribution in [2.45, 2.75) is 90.8 Å². The highest BCUT2D eigenvalue weighted by Crippen LogP contribution is 2.54. The molecule has 1 aromatic rings. The zero-order valence-corrected chi connectivity index (χ0v) is 22.5. The van der Waals surface area contributed by atoms with E-state index >= 15 is 0 Å². The summed E-state index contributed by atoms with van der Waals surface area (Å²) in [4.78, 5) is 33.4. The van der Waals surface area contributed by atoms with Gasteiger partial charge in [0.25, 0.3) is 5.91 Å². The lowest BCUT2D eigenvalue weighted by molar-refractivity contribution is -0.134. The van der Waals surface area contributed by atoms with Crippen LogP contribution in [-0.4, -0.2) is 28.0 Å². The van der Waals surface area contributed by atoms with Crippen LogP contribution in [0.25, 0.3) is 0 Å². The first-order valence-electron chi connectivity index (χ1n) is 13.3. The van der Waals surface area contributed by atoms with Crippen LogP contribution < -0.4 is 0 Å². The third kappa shape index (κ3) is 4.60.